The smallest absolute Gasteiger partial charge is 0.328 e. The number of hydrogen-bond acceptors (Lipinski definition) is 10. The van der Waals surface area contributed by atoms with Crippen LogP contribution >= 0.6 is 0 Å². The average Bonchev–Trinajstić information content (AvgIpc) is 3.28. The van der Waals surface area contributed by atoms with Gasteiger partial charge in [0.1, 0.15) is 12.1 Å². The molecule has 3 unspecified atom stereocenters. The fourth-order valence-corrected chi connectivity index (χ4v) is 6.11. The predicted molar refractivity (Wildman–Crippen MR) is 186 cm³/mol. The van der Waals surface area contributed by atoms with Gasteiger partial charge < -0.3 is 44.9 Å². The number of rotatable bonds is 15. The molecule has 5 N–H and O–H groups in total. The number of aliphatic hydroxyl groups excluding tert-OH is 1. The number of phenolic OH excluding ortho intramolecular Hbond substituents is 1. The summed E-state index contributed by atoms with van der Waals surface area (Å²) in [5.41, 5.74) is 10.2. The largest absolute Gasteiger partial charge is 0.504 e. The summed E-state index contributed by atoms with van der Waals surface area (Å²) >= 11 is 0. The minimum atomic E-state index is -1.52. The molecule has 0 fully saturated rings. The lowest BCUT2D eigenvalue weighted by Crippen LogP contribution is -2.52. The number of nitrogens with one attached hydrogen (secondary N) is 1. The van der Waals surface area contributed by atoms with Crippen LogP contribution in [0, 0.1) is 11.8 Å². The molecule has 0 saturated carbocycles. The zero-order valence-electron chi connectivity index (χ0n) is 29.0. The van der Waals surface area contributed by atoms with Gasteiger partial charge in [0.2, 0.25) is 5.75 Å². The van der Waals surface area contributed by atoms with Crippen LogP contribution in [-0.4, -0.2) is 75.3 Å². The third kappa shape index (κ3) is 9.04. The topological polar surface area (TPSA) is 159 Å². The van der Waals surface area contributed by atoms with E-state index in [1.807, 2.05) is 62.4 Å². The van der Waals surface area contributed by atoms with Crippen LogP contribution in [0.1, 0.15) is 48.9 Å². The summed E-state index contributed by atoms with van der Waals surface area (Å²) in [6.07, 6.45) is 2.24. The van der Waals surface area contributed by atoms with Crippen molar-refractivity contribution in [3.05, 3.63) is 82.9 Å². The Morgan fingerprint density at radius 2 is 1.63 bits per heavy atom. The van der Waals surface area contributed by atoms with Gasteiger partial charge in [0.25, 0.3) is 5.91 Å². The quantitative estimate of drug-likeness (QED) is 0.170. The molecule has 4 atom stereocenters. The monoisotopic (exact) mass is 676 g/mol. The Hall–Kier alpha value is -4.74. The molecule has 264 valence electrons. The number of phenols is 1. The SMILES string of the molecule is COc1ccc(C2=C[C@H](COC(=O)C(CC(C)C)NC(=O)C(O)C(N)Cc3ccccc3)CCc3c2cc(OC)c(OC)c3OC)cc1O. The summed E-state index contributed by atoms with van der Waals surface area (Å²) in [6, 6.07) is 14.5. The highest BCUT2D eigenvalue weighted by Crippen LogP contribution is 2.47. The molecule has 1 aliphatic carbocycles. The number of benzene rings is 3. The van der Waals surface area contributed by atoms with E-state index in [-0.39, 0.29) is 24.2 Å². The number of amides is 1. The standard InChI is InChI=1S/C38H48N2O9/c1-22(2)16-30(40-37(43)34(42)29(39)18-23-10-8-7-9-11-23)38(44)49-21-24-12-14-26-28(20-33(46-4)36(48-6)35(26)47-5)27(17-24)25-13-15-32(45-3)31(41)19-25/h7-11,13,15,17,19-20,22,24,29-30,34,41-42H,12,14,16,18,21,39H2,1-6H3,(H,40,43)/t24-,29?,30?,34?/m1/s1. The lowest BCUT2D eigenvalue weighted by Gasteiger charge is -2.24. The number of hydrogen-bond donors (Lipinski definition) is 4. The number of fused-ring (bicyclic) bond motifs is 1. The number of methoxy groups -OCH3 is 4. The van der Waals surface area contributed by atoms with E-state index in [9.17, 15) is 19.8 Å². The molecule has 0 heterocycles. The summed E-state index contributed by atoms with van der Waals surface area (Å²) in [5.74, 6) is 0.232. The van der Waals surface area contributed by atoms with Crippen molar-refractivity contribution in [2.75, 3.05) is 35.0 Å². The second-order valence-electron chi connectivity index (χ2n) is 12.6. The lowest BCUT2D eigenvalue weighted by atomic mass is 9.92. The molecular weight excluding hydrogens is 628 g/mol. The van der Waals surface area contributed by atoms with Gasteiger partial charge in [-0.15, -0.1) is 0 Å². The highest BCUT2D eigenvalue weighted by Gasteiger charge is 2.31. The van der Waals surface area contributed by atoms with Gasteiger partial charge in [0.15, 0.2) is 23.0 Å². The van der Waals surface area contributed by atoms with Gasteiger partial charge in [-0.2, -0.15) is 0 Å². The molecule has 1 amide bonds. The molecule has 11 nitrogen and oxygen atoms in total. The maximum atomic E-state index is 13.5. The Kier molecular flexibility index (Phi) is 12.9. The fourth-order valence-electron chi connectivity index (χ4n) is 6.11. The third-order valence-electron chi connectivity index (χ3n) is 8.62. The Morgan fingerprint density at radius 1 is 0.939 bits per heavy atom. The first-order valence-corrected chi connectivity index (χ1v) is 16.4. The van der Waals surface area contributed by atoms with Crippen molar-refractivity contribution in [2.24, 2.45) is 17.6 Å². The Labute approximate surface area is 288 Å². The van der Waals surface area contributed by atoms with Crippen molar-refractivity contribution in [3.63, 3.8) is 0 Å². The zero-order valence-corrected chi connectivity index (χ0v) is 29.0. The van der Waals surface area contributed by atoms with E-state index in [1.54, 1.807) is 33.5 Å². The number of nitrogens with two attached hydrogens (primary N) is 1. The van der Waals surface area contributed by atoms with Crippen LogP contribution in [0.5, 0.6) is 28.7 Å². The van der Waals surface area contributed by atoms with Crippen LogP contribution in [-0.2, 0) is 27.2 Å². The van der Waals surface area contributed by atoms with Crippen molar-refractivity contribution in [3.8, 4) is 28.7 Å². The van der Waals surface area contributed by atoms with Crippen molar-refractivity contribution >= 4 is 17.4 Å². The number of aromatic hydroxyl groups is 1. The summed E-state index contributed by atoms with van der Waals surface area (Å²) in [6.45, 7) is 3.89. The van der Waals surface area contributed by atoms with Gasteiger partial charge >= 0.3 is 5.97 Å². The molecule has 49 heavy (non-hydrogen) atoms. The van der Waals surface area contributed by atoms with E-state index in [0.717, 1.165) is 22.3 Å². The van der Waals surface area contributed by atoms with Gasteiger partial charge in [-0.05, 0) is 72.1 Å². The van der Waals surface area contributed by atoms with Gasteiger partial charge in [-0.1, -0.05) is 56.3 Å². The Morgan fingerprint density at radius 3 is 2.24 bits per heavy atom. The third-order valence-corrected chi connectivity index (χ3v) is 8.62. The number of carbonyl (C=O) groups is 2. The van der Waals surface area contributed by atoms with Crippen molar-refractivity contribution in [2.45, 2.75) is 57.7 Å². The van der Waals surface area contributed by atoms with E-state index >= 15 is 0 Å². The molecule has 0 aromatic heterocycles. The molecule has 11 heteroatoms. The molecule has 0 radical (unpaired) electrons. The van der Waals surface area contributed by atoms with Gasteiger partial charge in [0, 0.05) is 17.5 Å². The molecule has 3 aromatic carbocycles. The van der Waals surface area contributed by atoms with Crippen LogP contribution in [0.4, 0.5) is 0 Å². The summed E-state index contributed by atoms with van der Waals surface area (Å²) in [5, 5.41) is 24.1. The average molecular weight is 677 g/mol. The number of ether oxygens (including phenoxy) is 5. The first-order valence-electron chi connectivity index (χ1n) is 16.4. The van der Waals surface area contributed by atoms with Crippen LogP contribution in [0.25, 0.3) is 5.57 Å². The number of carbonyl (C=O) groups excluding carboxylic acids is 2. The van der Waals surface area contributed by atoms with Crippen LogP contribution in [0.15, 0.2) is 60.7 Å². The highest BCUT2D eigenvalue weighted by molar-refractivity contribution is 5.88. The van der Waals surface area contributed by atoms with Crippen LogP contribution in [0.3, 0.4) is 0 Å². The predicted octanol–water partition coefficient (Wildman–Crippen LogP) is 4.43. The molecular formula is C38H48N2O9. The molecule has 3 aromatic rings. The minimum absolute atomic E-state index is 0.0234. The normalized spacial score (nSPS) is 15.9. The zero-order chi connectivity index (χ0) is 35.7. The first kappa shape index (κ1) is 37.1. The van der Waals surface area contributed by atoms with Crippen LogP contribution < -0.4 is 30.0 Å². The van der Waals surface area contributed by atoms with Crippen LogP contribution in [0.2, 0.25) is 0 Å². The maximum absolute atomic E-state index is 13.5. The number of esters is 1. The summed E-state index contributed by atoms with van der Waals surface area (Å²) in [4.78, 5) is 26.6. The second-order valence-corrected chi connectivity index (χ2v) is 12.6. The minimum Gasteiger partial charge on any atom is -0.504 e. The number of aliphatic hydroxyl groups is 1. The van der Waals surface area contributed by atoms with Gasteiger partial charge in [-0.25, -0.2) is 4.79 Å². The highest BCUT2D eigenvalue weighted by atomic mass is 16.5. The summed E-state index contributed by atoms with van der Waals surface area (Å²) < 4.78 is 28.3. The van der Waals surface area contributed by atoms with E-state index in [0.29, 0.717) is 54.2 Å². The molecule has 0 spiro atoms. The van der Waals surface area contributed by atoms with Gasteiger partial charge in [-0.3, -0.25) is 4.79 Å². The summed E-state index contributed by atoms with van der Waals surface area (Å²) in [7, 11) is 6.15. The Balaban J connectivity index is 1.58. The van der Waals surface area contributed by atoms with E-state index < -0.39 is 30.1 Å². The van der Waals surface area contributed by atoms with E-state index in [4.69, 9.17) is 29.4 Å². The van der Waals surface area contributed by atoms with E-state index in [1.165, 1.54) is 7.11 Å². The fraction of sp³-hybridized carbons (Fsp3) is 0.421. The first-order chi connectivity index (χ1) is 23.5. The van der Waals surface area contributed by atoms with Crippen molar-refractivity contribution < 1.29 is 43.5 Å². The molecule has 1 aliphatic rings. The van der Waals surface area contributed by atoms with Gasteiger partial charge in [0.05, 0.1) is 35.0 Å². The van der Waals surface area contributed by atoms with Crippen molar-refractivity contribution in [1.29, 1.82) is 0 Å². The lowest BCUT2D eigenvalue weighted by molar-refractivity contribution is -0.150. The molecule has 0 bridgehead atoms. The molecule has 4 rings (SSSR count). The molecule has 0 aliphatic heterocycles. The van der Waals surface area contributed by atoms with E-state index in [2.05, 4.69) is 5.32 Å². The molecule has 0 saturated heterocycles. The maximum Gasteiger partial charge on any atom is 0.328 e. The Bertz CT molecular complexity index is 1620. The van der Waals surface area contributed by atoms with Crippen molar-refractivity contribution in [1.82, 2.24) is 5.32 Å². The second kappa shape index (κ2) is 17.1.